The average molecular weight is 314 g/mol. The molecule has 0 aromatic heterocycles. The van der Waals surface area contributed by atoms with Crippen LogP contribution in [0.15, 0.2) is 60.3 Å². The molecular weight excluding hydrogens is 300 g/mol. The Morgan fingerprint density at radius 2 is 1.88 bits per heavy atom. The monoisotopic (exact) mass is 314 g/mol. The summed E-state index contributed by atoms with van der Waals surface area (Å²) in [5, 5.41) is 21.0. The third-order valence-corrected chi connectivity index (χ3v) is 3.87. The molecule has 116 valence electrons. The second-order valence-electron chi connectivity index (χ2n) is 5.34. The second kappa shape index (κ2) is 6.68. The zero-order valence-corrected chi connectivity index (χ0v) is 12.9. The molecule has 0 fully saturated rings. The first-order chi connectivity index (χ1) is 11.7. The van der Waals surface area contributed by atoms with Gasteiger partial charge < -0.3 is 10.2 Å². The Morgan fingerprint density at radius 1 is 1.12 bits per heavy atom. The van der Waals surface area contributed by atoms with Crippen LogP contribution in [-0.2, 0) is 11.2 Å². The van der Waals surface area contributed by atoms with Crippen LogP contribution in [0.1, 0.15) is 11.1 Å². The summed E-state index contributed by atoms with van der Waals surface area (Å²) in [5.41, 5.74) is 2.96. The summed E-state index contributed by atoms with van der Waals surface area (Å²) < 4.78 is 0. The van der Waals surface area contributed by atoms with Crippen LogP contribution in [0.4, 0.5) is 11.4 Å². The van der Waals surface area contributed by atoms with Gasteiger partial charge in [-0.15, -0.1) is 0 Å². The van der Waals surface area contributed by atoms with Gasteiger partial charge in [0.15, 0.2) is 0 Å². The Kier molecular flexibility index (Phi) is 4.27. The smallest absolute Gasteiger partial charge is 0.267 e. The van der Waals surface area contributed by atoms with E-state index in [0.29, 0.717) is 11.3 Å². The van der Waals surface area contributed by atoms with Crippen LogP contribution in [0.2, 0.25) is 0 Å². The van der Waals surface area contributed by atoms with Gasteiger partial charge in [-0.05, 0) is 30.2 Å². The average Bonchev–Trinajstić information content (AvgIpc) is 3.03. The summed E-state index contributed by atoms with van der Waals surface area (Å²) in [6, 6.07) is 18.6. The second-order valence-corrected chi connectivity index (χ2v) is 5.34. The van der Waals surface area contributed by atoms with Crippen LogP contribution < -0.4 is 10.2 Å². The van der Waals surface area contributed by atoms with Crippen LogP contribution >= 0.6 is 0 Å². The molecule has 0 unspecified atom stereocenters. The highest BCUT2D eigenvalue weighted by Gasteiger charge is 2.19. The molecule has 3 rings (SSSR count). The Morgan fingerprint density at radius 3 is 2.67 bits per heavy atom. The Hall–Kier alpha value is -3.57. The van der Waals surface area contributed by atoms with Crippen molar-refractivity contribution in [3.63, 3.8) is 0 Å². The van der Waals surface area contributed by atoms with Crippen LogP contribution in [0.25, 0.3) is 0 Å². The van der Waals surface area contributed by atoms with Gasteiger partial charge in [0.25, 0.3) is 5.91 Å². The number of amides is 1. The maximum Gasteiger partial charge on any atom is 0.267 e. The Balaban J connectivity index is 1.83. The van der Waals surface area contributed by atoms with Gasteiger partial charge >= 0.3 is 0 Å². The molecule has 0 saturated heterocycles. The highest BCUT2D eigenvalue weighted by molar-refractivity contribution is 6.07. The maximum atomic E-state index is 12.4. The SMILES string of the molecule is N#C/C(=C/N1CCc2ccccc21)C(=O)Nc1ccccc1C#N. The number of hydrogen-bond donors (Lipinski definition) is 1. The third kappa shape index (κ3) is 2.97. The number of para-hydroxylation sites is 2. The maximum absolute atomic E-state index is 12.4. The molecule has 0 radical (unpaired) electrons. The van der Waals surface area contributed by atoms with Gasteiger partial charge in [-0.1, -0.05) is 30.3 Å². The summed E-state index contributed by atoms with van der Waals surface area (Å²) >= 11 is 0. The number of carbonyl (C=O) groups excluding carboxylic acids is 1. The summed E-state index contributed by atoms with van der Waals surface area (Å²) in [6.07, 6.45) is 2.44. The van der Waals surface area contributed by atoms with Gasteiger partial charge in [-0.2, -0.15) is 10.5 Å². The summed E-state index contributed by atoms with van der Waals surface area (Å²) in [5.74, 6) is -0.524. The van der Waals surface area contributed by atoms with Crippen LogP contribution in [-0.4, -0.2) is 12.5 Å². The van der Waals surface area contributed by atoms with Crippen molar-refractivity contribution in [1.29, 1.82) is 10.5 Å². The van der Waals surface area contributed by atoms with Crippen molar-refractivity contribution in [2.24, 2.45) is 0 Å². The number of benzene rings is 2. The van der Waals surface area contributed by atoms with Crippen molar-refractivity contribution in [3.05, 3.63) is 71.4 Å². The van der Waals surface area contributed by atoms with Gasteiger partial charge in [-0.25, -0.2) is 0 Å². The van der Waals surface area contributed by atoms with Crippen molar-refractivity contribution in [1.82, 2.24) is 0 Å². The molecule has 0 aliphatic carbocycles. The van der Waals surface area contributed by atoms with E-state index in [4.69, 9.17) is 5.26 Å². The third-order valence-electron chi connectivity index (χ3n) is 3.87. The highest BCUT2D eigenvalue weighted by Crippen LogP contribution is 2.28. The summed E-state index contributed by atoms with van der Waals surface area (Å²) in [4.78, 5) is 14.3. The number of anilines is 2. The molecule has 0 spiro atoms. The minimum absolute atomic E-state index is 0.000513. The fourth-order valence-corrected chi connectivity index (χ4v) is 2.67. The number of rotatable bonds is 3. The normalized spacial score (nSPS) is 12.9. The van der Waals surface area contributed by atoms with Crippen molar-refractivity contribution in [3.8, 4) is 12.1 Å². The first-order valence-electron chi connectivity index (χ1n) is 7.50. The van der Waals surface area contributed by atoms with Gasteiger partial charge in [0.2, 0.25) is 0 Å². The van der Waals surface area contributed by atoms with Crippen molar-refractivity contribution in [2.45, 2.75) is 6.42 Å². The van der Waals surface area contributed by atoms with Crippen LogP contribution in [0.3, 0.4) is 0 Å². The van der Waals surface area contributed by atoms with Crippen LogP contribution in [0, 0.1) is 22.7 Å². The minimum Gasteiger partial charge on any atom is -0.346 e. The predicted octanol–water partition coefficient (Wildman–Crippen LogP) is 2.97. The molecule has 0 atom stereocenters. The van der Waals surface area contributed by atoms with Gasteiger partial charge in [0, 0.05) is 18.4 Å². The topological polar surface area (TPSA) is 79.9 Å². The molecule has 2 aromatic rings. The zero-order valence-electron chi connectivity index (χ0n) is 12.9. The van der Waals surface area contributed by atoms with E-state index in [0.717, 1.165) is 18.7 Å². The molecule has 0 saturated carbocycles. The minimum atomic E-state index is -0.524. The molecule has 1 aliphatic heterocycles. The van der Waals surface area contributed by atoms with Crippen molar-refractivity contribution in [2.75, 3.05) is 16.8 Å². The van der Waals surface area contributed by atoms with E-state index in [2.05, 4.69) is 5.32 Å². The lowest BCUT2D eigenvalue weighted by molar-refractivity contribution is -0.112. The highest BCUT2D eigenvalue weighted by atomic mass is 16.1. The van der Waals surface area contributed by atoms with E-state index in [1.807, 2.05) is 41.3 Å². The molecule has 0 bridgehead atoms. The molecule has 2 aromatic carbocycles. The first kappa shape index (κ1) is 15.3. The summed E-state index contributed by atoms with van der Waals surface area (Å²) in [6.45, 7) is 0.729. The molecule has 1 heterocycles. The predicted molar refractivity (Wildman–Crippen MR) is 91.0 cm³/mol. The fraction of sp³-hybridized carbons (Fsp3) is 0.105. The van der Waals surface area contributed by atoms with Crippen molar-refractivity contribution < 1.29 is 4.79 Å². The molecule has 5 heteroatoms. The molecule has 5 nitrogen and oxygen atoms in total. The van der Waals surface area contributed by atoms with E-state index in [9.17, 15) is 10.1 Å². The first-order valence-corrected chi connectivity index (χ1v) is 7.50. The Bertz CT molecular complexity index is 902. The van der Waals surface area contributed by atoms with Gasteiger partial charge in [-0.3, -0.25) is 4.79 Å². The number of fused-ring (bicyclic) bond motifs is 1. The van der Waals surface area contributed by atoms with Gasteiger partial charge in [0.05, 0.1) is 11.3 Å². The van der Waals surface area contributed by atoms with Crippen LogP contribution in [0.5, 0.6) is 0 Å². The lowest BCUT2D eigenvalue weighted by atomic mass is 10.2. The van der Waals surface area contributed by atoms with E-state index in [-0.39, 0.29) is 5.57 Å². The van der Waals surface area contributed by atoms with E-state index in [1.54, 1.807) is 30.5 Å². The van der Waals surface area contributed by atoms with E-state index in [1.165, 1.54) is 5.56 Å². The largest absolute Gasteiger partial charge is 0.346 e. The number of carbonyl (C=O) groups is 1. The number of nitrogens with zero attached hydrogens (tertiary/aromatic N) is 3. The van der Waals surface area contributed by atoms with E-state index < -0.39 is 5.91 Å². The number of nitriles is 2. The number of nitrogens with one attached hydrogen (secondary N) is 1. The molecule has 1 aliphatic rings. The quantitative estimate of drug-likeness (QED) is 0.697. The van der Waals surface area contributed by atoms with Crippen molar-refractivity contribution >= 4 is 17.3 Å². The summed E-state index contributed by atoms with van der Waals surface area (Å²) in [7, 11) is 0. The number of hydrogen-bond acceptors (Lipinski definition) is 4. The van der Waals surface area contributed by atoms with E-state index >= 15 is 0 Å². The standard InChI is InChI=1S/C19H14N4O/c20-11-15-6-1-3-7-17(15)22-19(24)16(12-21)13-23-10-9-14-5-2-4-8-18(14)23/h1-8,13H,9-10H2,(H,22,24)/b16-13-. The molecule has 1 amide bonds. The molecule has 24 heavy (non-hydrogen) atoms. The lowest BCUT2D eigenvalue weighted by Gasteiger charge is -2.14. The molecule has 1 N–H and O–H groups in total. The Labute approximate surface area is 140 Å². The van der Waals surface area contributed by atoms with Gasteiger partial charge in [0.1, 0.15) is 17.7 Å². The fourth-order valence-electron chi connectivity index (χ4n) is 2.67. The molecular formula is C19H14N4O. The lowest BCUT2D eigenvalue weighted by Crippen LogP contribution is -2.19. The zero-order chi connectivity index (χ0) is 16.9.